The second-order valence-corrected chi connectivity index (χ2v) is 22.7. The summed E-state index contributed by atoms with van der Waals surface area (Å²) in [5, 5.41) is 6.22. The number of aromatic nitrogens is 1. The van der Waals surface area contributed by atoms with Crippen molar-refractivity contribution in [1.82, 2.24) is 4.98 Å². The molecule has 65 heavy (non-hydrogen) atoms. The number of pyridine rings is 1. The smallest absolute Gasteiger partial charge is 2.00 e. The molecule has 0 saturated heterocycles. The van der Waals surface area contributed by atoms with Gasteiger partial charge in [0.25, 0.3) is 0 Å². The number of halogens is 1. The molecule has 344 valence electrons. The minimum atomic E-state index is -0.722. The number of nitrogens with two attached hydrogens (primary N) is 1. The first-order chi connectivity index (χ1) is 31.2. The number of methoxy groups -OCH3 is 2. The molecule has 0 bridgehead atoms. The molecule has 4 nitrogen and oxygen atoms in total. The first-order valence-electron chi connectivity index (χ1n) is 23.0. The van der Waals surface area contributed by atoms with Gasteiger partial charge in [-0.05, 0) is 210 Å². The molecule has 4 aliphatic carbocycles. The Hall–Kier alpha value is -1.60. The van der Waals surface area contributed by atoms with E-state index in [2.05, 4.69) is 123 Å². The zero-order valence-corrected chi connectivity index (χ0v) is 44.7. The molecular weight excluding hydrogens is 987 g/mol. The van der Waals surface area contributed by atoms with E-state index in [1.807, 2.05) is 67.6 Å². The third-order valence-electron chi connectivity index (χ3n) is 13.1. The maximum absolute atomic E-state index is 5.80. The number of rotatable bonds is 10. The molecule has 4 fully saturated rings. The minimum Gasteiger partial charge on any atom is 2.00 e. The van der Waals surface area contributed by atoms with Gasteiger partial charge >= 0.3 is 44.1 Å². The van der Waals surface area contributed by atoms with Crippen LogP contribution in [0.5, 0.6) is 11.5 Å². The molecule has 4 aromatic carbocycles. The number of benzene rings is 4. The average Bonchev–Trinajstić information content (AvgIpc) is 4.08. The van der Waals surface area contributed by atoms with Crippen LogP contribution in [0, 0.1) is 96.7 Å². The number of fused-ring (bicyclic) bond motifs is 3. The van der Waals surface area contributed by atoms with E-state index in [1.165, 1.54) is 97.1 Å². The molecule has 1 heterocycles. The largest absolute Gasteiger partial charge is 2.00 e. The molecule has 0 amide bonds. The normalized spacial score (nSPS) is 17.7. The number of hydrogen-bond donors (Lipinski definition) is 1. The second kappa shape index (κ2) is 27.6. The van der Waals surface area contributed by atoms with Gasteiger partial charge in [0.05, 0.1) is 14.2 Å². The number of ether oxygens (including phenoxy) is 2. The van der Waals surface area contributed by atoms with Crippen LogP contribution in [-0.2, 0) is 40.9 Å². The summed E-state index contributed by atoms with van der Waals surface area (Å²) in [6, 6.07) is 27.0. The first kappa shape index (κ1) is 54.3. The number of nitrogens with zero attached hydrogens (tertiary/aromatic N) is 1. The number of aryl methyl sites for hydroxylation is 4. The van der Waals surface area contributed by atoms with Crippen molar-refractivity contribution in [2.45, 2.75) is 122 Å². The Morgan fingerprint density at radius 1 is 0.692 bits per heavy atom. The van der Waals surface area contributed by atoms with E-state index in [0.29, 0.717) is 12.2 Å². The van der Waals surface area contributed by atoms with Gasteiger partial charge in [0.2, 0.25) is 0 Å². The molecule has 0 spiro atoms. The number of hydrogen-bond acceptors (Lipinski definition) is 4. The van der Waals surface area contributed by atoms with Crippen LogP contribution < -0.4 is 25.8 Å². The Balaban J connectivity index is 0.000000269. The van der Waals surface area contributed by atoms with Gasteiger partial charge in [-0.25, -0.2) is 0 Å². The third kappa shape index (κ3) is 13.8. The summed E-state index contributed by atoms with van der Waals surface area (Å²) in [4.78, 5) is 4.57. The molecule has 1 aromatic heterocycles. The zero-order chi connectivity index (χ0) is 45.6. The van der Waals surface area contributed by atoms with Gasteiger partial charge in [0, 0.05) is 17.9 Å². The SMILES string of the molecule is COc1c(C)cc(P([C]2[CH][CH][CH][C]2[C@H](C)P(C2CCCCC2)C2CCCCC2)c2cc(C)c(OC)c(C)c2)cc1C.NCc1ccc2ccc3ccc[c-]c3c2n1.[CH]1[CH][CH][CH][CH]1.[Cl][Ru+].[Fe+2]. The van der Waals surface area contributed by atoms with Crippen LogP contribution in [0.2, 0.25) is 0 Å². The van der Waals surface area contributed by atoms with E-state index < -0.39 is 7.92 Å². The van der Waals surface area contributed by atoms with Crippen molar-refractivity contribution >= 4 is 57.8 Å². The van der Waals surface area contributed by atoms with Crippen LogP contribution in [0.1, 0.15) is 99.1 Å². The molecule has 1 atom stereocenters. The van der Waals surface area contributed by atoms with Crippen molar-refractivity contribution < 1.29 is 43.9 Å². The molecule has 10 radical (unpaired) electrons. The summed E-state index contributed by atoms with van der Waals surface area (Å²) in [6.07, 6.45) is 31.8. The van der Waals surface area contributed by atoms with E-state index in [0.717, 1.165) is 50.2 Å². The van der Waals surface area contributed by atoms with E-state index in [-0.39, 0.29) is 25.0 Å². The van der Waals surface area contributed by atoms with Gasteiger partial charge in [-0.1, -0.05) is 71.6 Å². The molecule has 4 saturated carbocycles. The maximum atomic E-state index is 5.80. The fourth-order valence-corrected chi connectivity index (χ4v) is 17.6. The Morgan fingerprint density at radius 2 is 1.17 bits per heavy atom. The quantitative estimate of drug-likeness (QED) is 0.0655. The van der Waals surface area contributed by atoms with Crippen molar-refractivity contribution in [2.24, 2.45) is 5.73 Å². The topological polar surface area (TPSA) is 57.4 Å². The van der Waals surface area contributed by atoms with Crippen LogP contribution in [0.3, 0.4) is 0 Å². The van der Waals surface area contributed by atoms with Gasteiger partial charge < -0.3 is 15.2 Å². The van der Waals surface area contributed by atoms with E-state index in [1.54, 1.807) is 25.8 Å². The van der Waals surface area contributed by atoms with Gasteiger partial charge in [0.1, 0.15) is 11.5 Å². The van der Waals surface area contributed by atoms with Crippen molar-refractivity contribution in [3.8, 4) is 11.5 Å². The molecule has 0 aliphatic heterocycles. The van der Waals surface area contributed by atoms with Crippen LogP contribution in [-0.4, -0.2) is 36.2 Å². The fourth-order valence-electron chi connectivity index (χ4n) is 10.3. The van der Waals surface area contributed by atoms with Gasteiger partial charge in [0.15, 0.2) is 0 Å². The van der Waals surface area contributed by atoms with Crippen molar-refractivity contribution in [3.05, 3.63) is 164 Å². The molecule has 4 aliphatic rings. The molecule has 9 rings (SSSR count). The Labute approximate surface area is 421 Å². The van der Waals surface area contributed by atoms with Crippen LogP contribution in [0.25, 0.3) is 21.7 Å². The average molecular weight is 1050 g/mol. The molecule has 9 heteroatoms. The Kier molecular flexibility index (Phi) is 23.0. The van der Waals surface area contributed by atoms with Crippen LogP contribution >= 0.6 is 25.5 Å². The van der Waals surface area contributed by atoms with Crippen LogP contribution in [0.4, 0.5) is 0 Å². The van der Waals surface area contributed by atoms with E-state index >= 15 is 0 Å². The molecule has 5 aromatic rings. The summed E-state index contributed by atoms with van der Waals surface area (Å²) < 4.78 is 11.6. The van der Waals surface area contributed by atoms with E-state index in [9.17, 15) is 0 Å². The van der Waals surface area contributed by atoms with Crippen molar-refractivity contribution in [3.63, 3.8) is 0 Å². The fraction of sp³-hybridized carbons (Fsp3) is 0.375. The third-order valence-corrected chi connectivity index (χ3v) is 19.4. The molecule has 0 unspecified atom stereocenters. The summed E-state index contributed by atoms with van der Waals surface area (Å²) in [5.41, 5.74) is 16.5. The predicted octanol–water partition coefficient (Wildman–Crippen LogP) is 14.0. The minimum absolute atomic E-state index is 0. The van der Waals surface area contributed by atoms with Crippen molar-refractivity contribution in [2.75, 3.05) is 14.2 Å². The summed E-state index contributed by atoms with van der Waals surface area (Å²) in [5.74, 6) is 3.66. The molecule has 2 N–H and O–H groups in total. The predicted molar refractivity (Wildman–Crippen MR) is 274 cm³/mol. The monoisotopic (exact) mass is 1050 g/mol. The zero-order valence-electron chi connectivity index (χ0n) is 39.3. The molecular formula is C56H67ClFeN2O2P2Ru+2. The second-order valence-electron chi connectivity index (χ2n) is 17.4. The standard InChI is InChI=1S/C37H51O2P2.C14H11N2.C5H5.ClH.Fe.Ru/c1-25-21-32(22-26(2)36(25)38-6)41(33-23-27(3)37(39-7)28(4)24-33)35-20-14-19-34(35)29(5)40(30-15-10-8-11-16-30)31-17-12-9-13-18-31;15-9-12-8-7-11-6-5-10-3-1-2-4-13(10)14(11)16-12;1-2-4-5-3-1;;;/h14,19-24,29-31H,8-13,15-18H2,1-7H3;1-3,5-8H,9,15H2;1-5H;1H;;/q;-1;;;2*+2/p-1/t29-;;;;;/m0...../s1. The van der Waals surface area contributed by atoms with Crippen molar-refractivity contribution in [1.29, 1.82) is 0 Å². The maximum Gasteiger partial charge on any atom is 2.00 e. The Morgan fingerprint density at radius 3 is 1.65 bits per heavy atom. The van der Waals surface area contributed by atoms with Gasteiger partial charge in [-0.3, -0.25) is 4.98 Å². The summed E-state index contributed by atoms with van der Waals surface area (Å²) in [6.45, 7) is 11.9. The summed E-state index contributed by atoms with van der Waals surface area (Å²) in [7, 11) is 7.38. The first-order valence-corrected chi connectivity index (χ1v) is 28.2. The summed E-state index contributed by atoms with van der Waals surface area (Å²) >= 11 is 1.82. The van der Waals surface area contributed by atoms with Crippen LogP contribution in [0.15, 0.2) is 66.7 Å². The Bertz CT molecular complexity index is 2100. The van der Waals surface area contributed by atoms with Gasteiger partial charge in [-0.15, -0.1) is 35.0 Å². The van der Waals surface area contributed by atoms with Gasteiger partial charge in [-0.2, -0.15) is 0 Å². The van der Waals surface area contributed by atoms with E-state index in [4.69, 9.17) is 15.2 Å².